The van der Waals surface area contributed by atoms with Gasteiger partial charge in [-0.3, -0.25) is 0 Å². The van der Waals surface area contributed by atoms with Gasteiger partial charge in [-0.25, -0.2) is 4.39 Å². The first kappa shape index (κ1) is 9.11. The molecule has 0 aromatic heterocycles. The van der Waals surface area contributed by atoms with Crippen molar-refractivity contribution in [3.63, 3.8) is 0 Å². The summed E-state index contributed by atoms with van der Waals surface area (Å²) in [6.07, 6.45) is 0. The van der Waals surface area contributed by atoms with Gasteiger partial charge in [-0.1, -0.05) is 40.9 Å². The maximum atomic E-state index is 12.5. The first-order valence-electron chi connectivity index (χ1n) is 2.74. The summed E-state index contributed by atoms with van der Waals surface area (Å²) in [5.74, 6) is -0.440. The highest BCUT2D eigenvalue weighted by atomic mass is 35.6. The van der Waals surface area contributed by atoms with Crippen molar-refractivity contribution in [3.8, 4) is 0 Å². The molecule has 0 atom stereocenters. The molecule has 0 amide bonds. The summed E-state index contributed by atoms with van der Waals surface area (Å²) in [7, 11) is 0. The number of hydrogen-bond donors (Lipinski definition) is 0. The number of hydrogen-bond acceptors (Lipinski definition) is 0. The Hall–Kier alpha value is 0.0200. The molecule has 0 saturated carbocycles. The quantitative estimate of drug-likeness (QED) is 0.578. The van der Waals surface area contributed by atoms with E-state index in [1.54, 1.807) is 0 Å². The first-order chi connectivity index (χ1) is 5.00. The van der Waals surface area contributed by atoms with Gasteiger partial charge in [0.1, 0.15) is 5.82 Å². The van der Waals surface area contributed by atoms with Crippen molar-refractivity contribution < 1.29 is 4.39 Å². The Morgan fingerprint density at radius 1 is 1.36 bits per heavy atom. The van der Waals surface area contributed by atoms with E-state index < -0.39 is 9.61 Å². The lowest BCUT2D eigenvalue weighted by Gasteiger charge is -2.09. The predicted molar refractivity (Wildman–Crippen MR) is 44.5 cm³/mol. The van der Waals surface area contributed by atoms with Crippen LogP contribution in [0.15, 0.2) is 18.2 Å². The van der Waals surface area contributed by atoms with Gasteiger partial charge in [0.15, 0.2) is 0 Å². The lowest BCUT2D eigenvalue weighted by molar-refractivity contribution is 0.625. The van der Waals surface area contributed by atoms with Crippen molar-refractivity contribution in [1.82, 2.24) is 0 Å². The number of rotatable bonds is 0. The van der Waals surface area contributed by atoms with E-state index in [0.717, 1.165) is 6.07 Å². The van der Waals surface area contributed by atoms with Gasteiger partial charge >= 0.3 is 0 Å². The monoisotopic (exact) mass is 211 g/mol. The van der Waals surface area contributed by atoms with Gasteiger partial charge in [0.05, 0.1) is 0 Å². The van der Waals surface area contributed by atoms with Crippen LogP contribution in [0.4, 0.5) is 4.39 Å². The highest BCUT2D eigenvalue weighted by Crippen LogP contribution is 2.37. The van der Waals surface area contributed by atoms with E-state index >= 15 is 0 Å². The molecule has 1 aromatic carbocycles. The van der Waals surface area contributed by atoms with E-state index in [0.29, 0.717) is 0 Å². The second kappa shape index (κ2) is 3.18. The van der Waals surface area contributed by atoms with Crippen LogP contribution >= 0.6 is 34.8 Å². The van der Waals surface area contributed by atoms with Crippen LogP contribution < -0.4 is 0 Å². The fourth-order valence-corrected chi connectivity index (χ4v) is 0.930. The zero-order valence-electron chi connectivity index (χ0n) is 5.24. The third kappa shape index (κ3) is 2.51. The van der Waals surface area contributed by atoms with Crippen molar-refractivity contribution in [3.05, 3.63) is 35.6 Å². The fourth-order valence-electron chi connectivity index (χ4n) is 0.602. The molecule has 4 heteroatoms. The Bertz CT molecular complexity index is 254. The molecule has 11 heavy (non-hydrogen) atoms. The summed E-state index contributed by atoms with van der Waals surface area (Å²) in [5, 5.41) is 0. The van der Waals surface area contributed by atoms with Gasteiger partial charge in [0.25, 0.3) is 0 Å². The molecule has 0 aliphatic heterocycles. The Kier molecular flexibility index (Phi) is 2.63. The first-order valence-corrected chi connectivity index (χ1v) is 3.88. The van der Waals surface area contributed by atoms with E-state index in [9.17, 15) is 4.39 Å². The van der Waals surface area contributed by atoms with Crippen molar-refractivity contribution in [2.24, 2.45) is 0 Å². The third-order valence-corrected chi connectivity index (χ3v) is 1.68. The van der Waals surface area contributed by atoms with Crippen LogP contribution in [0.2, 0.25) is 0 Å². The maximum Gasteiger partial charge on any atom is 0.216 e. The molecule has 0 aliphatic carbocycles. The van der Waals surface area contributed by atoms with Crippen molar-refractivity contribution in [2.75, 3.05) is 0 Å². The molecular weight excluding hydrogens is 209 g/mol. The average molecular weight is 212 g/mol. The molecule has 1 aromatic rings. The van der Waals surface area contributed by atoms with Gasteiger partial charge < -0.3 is 0 Å². The highest BCUT2D eigenvalue weighted by Gasteiger charge is 2.22. The lowest BCUT2D eigenvalue weighted by atomic mass is 10.2. The molecule has 0 N–H and O–H groups in total. The SMILES string of the molecule is Fc1cc[c]c(C(Cl)(Cl)Cl)c1. The topological polar surface area (TPSA) is 0 Å². The molecule has 0 unspecified atom stereocenters. The molecule has 0 fully saturated rings. The van der Waals surface area contributed by atoms with Gasteiger partial charge in [-0.2, -0.15) is 0 Å². The zero-order valence-corrected chi connectivity index (χ0v) is 7.51. The van der Waals surface area contributed by atoms with Gasteiger partial charge in [-0.15, -0.1) is 0 Å². The molecular formula is C7H3Cl3F. The average Bonchev–Trinajstić information content (AvgIpc) is 1.86. The minimum Gasteiger partial charge on any atom is -0.207 e. The number of benzene rings is 1. The van der Waals surface area contributed by atoms with Crippen molar-refractivity contribution in [1.29, 1.82) is 0 Å². The van der Waals surface area contributed by atoms with Crippen molar-refractivity contribution in [2.45, 2.75) is 3.79 Å². The minimum absolute atomic E-state index is 0.211. The Labute approximate surface area is 78.9 Å². The van der Waals surface area contributed by atoms with E-state index in [1.807, 2.05) is 0 Å². The molecule has 1 radical (unpaired) electrons. The molecule has 0 bridgehead atoms. The summed E-state index contributed by atoms with van der Waals surface area (Å²) < 4.78 is 10.9. The van der Waals surface area contributed by atoms with E-state index in [1.165, 1.54) is 12.1 Å². The summed E-state index contributed by atoms with van der Waals surface area (Å²) in [6.45, 7) is 0. The van der Waals surface area contributed by atoms with Crippen LogP contribution in [-0.2, 0) is 3.79 Å². The second-order valence-corrected chi connectivity index (χ2v) is 4.20. The normalized spacial score (nSPS) is 11.6. The van der Waals surface area contributed by atoms with Crippen molar-refractivity contribution >= 4 is 34.8 Å². The maximum absolute atomic E-state index is 12.5. The fraction of sp³-hybridized carbons (Fsp3) is 0.143. The molecule has 1 rings (SSSR count). The highest BCUT2D eigenvalue weighted by molar-refractivity contribution is 6.66. The molecule has 0 nitrogen and oxygen atoms in total. The van der Waals surface area contributed by atoms with Crippen LogP contribution in [0, 0.1) is 11.9 Å². The number of alkyl halides is 3. The third-order valence-electron chi connectivity index (χ3n) is 1.07. The number of halogens is 4. The summed E-state index contributed by atoms with van der Waals surface area (Å²) in [5.41, 5.74) is 0.211. The predicted octanol–water partition coefficient (Wildman–Crippen LogP) is 3.45. The largest absolute Gasteiger partial charge is 0.216 e. The van der Waals surface area contributed by atoms with Gasteiger partial charge in [0.2, 0.25) is 3.79 Å². The van der Waals surface area contributed by atoms with E-state index in [-0.39, 0.29) is 5.56 Å². The van der Waals surface area contributed by atoms with Gasteiger partial charge in [-0.05, 0) is 18.2 Å². The Morgan fingerprint density at radius 2 is 2.00 bits per heavy atom. The van der Waals surface area contributed by atoms with Crippen LogP contribution in [0.3, 0.4) is 0 Å². The smallest absolute Gasteiger partial charge is 0.207 e. The molecule has 0 heterocycles. The minimum atomic E-state index is -1.60. The lowest BCUT2D eigenvalue weighted by Crippen LogP contribution is -1.99. The van der Waals surface area contributed by atoms with Gasteiger partial charge in [0, 0.05) is 5.56 Å². The van der Waals surface area contributed by atoms with Crippen LogP contribution in [0.1, 0.15) is 5.56 Å². The van der Waals surface area contributed by atoms with Crippen LogP contribution in [0.25, 0.3) is 0 Å². The van der Waals surface area contributed by atoms with Crippen LogP contribution in [-0.4, -0.2) is 0 Å². The zero-order chi connectivity index (χ0) is 8.48. The Morgan fingerprint density at radius 3 is 2.36 bits per heavy atom. The second-order valence-electron chi connectivity index (χ2n) is 1.92. The summed E-state index contributed by atoms with van der Waals surface area (Å²) >= 11 is 16.4. The summed E-state index contributed by atoms with van der Waals surface area (Å²) in [6, 6.07) is 6.35. The molecule has 0 aliphatic rings. The molecule has 0 spiro atoms. The molecule has 0 saturated heterocycles. The summed E-state index contributed by atoms with van der Waals surface area (Å²) in [4.78, 5) is 0. The molecule has 59 valence electrons. The van der Waals surface area contributed by atoms with Crippen LogP contribution in [0.5, 0.6) is 0 Å². The Balaban J connectivity index is 3.06. The standard InChI is InChI=1S/C7H3Cl3F/c8-7(9,10)5-2-1-3-6(11)4-5/h1,3-4H. The van der Waals surface area contributed by atoms with E-state index in [2.05, 4.69) is 6.07 Å². The van der Waals surface area contributed by atoms with E-state index in [4.69, 9.17) is 34.8 Å².